The van der Waals surface area contributed by atoms with Gasteiger partial charge in [0.2, 0.25) is 5.91 Å². The fourth-order valence-electron chi connectivity index (χ4n) is 3.58. The molecule has 0 atom stereocenters. The molecule has 1 aromatic heterocycles. The molecule has 9 heteroatoms. The monoisotopic (exact) mass is 483 g/mol. The first-order valence-corrected chi connectivity index (χ1v) is 12.0. The van der Waals surface area contributed by atoms with E-state index in [4.69, 9.17) is 16.3 Å². The van der Waals surface area contributed by atoms with E-state index in [1.54, 1.807) is 19.5 Å². The molecule has 3 aromatic rings. The lowest BCUT2D eigenvalue weighted by molar-refractivity contribution is -0.113. The van der Waals surface area contributed by atoms with E-state index in [-0.39, 0.29) is 11.7 Å². The van der Waals surface area contributed by atoms with Gasteiger partial charge in [0, 0.05) is 48.6 Å². The van der Waals surface area contributed by atoms with Crippen LogP contribution in [0.4, 0.5) is 17.2 Å². The molecule has 4 rings (SSSR count). The van der Waals surface area contributed by atoms with Gasteiger partial charge in [-0.1, -0.05) is 29.4 Å². The second-order valence-electron chi connectivity index (χ2n) is 7.69. The Morgan fingerprint density at radius 2 is 1.79 bits per heavy atom. The first-order chi connectivity index (χ1) is 16.0. The number of carbonyl (C=O) groups is 1. The van der Waals surface area contributed by atoms with Crippen molar-refractivity contribution in [1.29, 1.82) is 0 Å². The minimum atomic E-state index is -0.104. The summed E-state index contributed by atoms with van der Waals surface area (Å²) < 4.78 is 5.24. The molecule has 1 amide bonds. The number of hydrogen-bond donors (Lipinski definition) is 1. The number of benzene rings is 2. The summed E-state index contributed by atoms with van der Waals surface area (Å²) in [6, 6.07) is 15.6. The standard InChI is InChI=1S/C24H26ClN5O2S/c1-17-3-4-18(13-21(17)25)28-23(31)15-33-24-14-22(26-16-27-24)30-11-9-29(10-12-30)19-5-7-20(32-2)8-6-19/h3-8,13-14,16H,9-12,15H2,1-2H3,(H,28,31). The SMILES string of the molecule is COc1ccc(N2CCN(c3cc(SCC(=O)Nc4ccc(C)c(Cl)c4)ncn3)CC2)cc1. The molecule has 7 nitrogen and oxygen atoms in total. The Kier molecular flexibility index (Phi) is 7.57. The van der Waals surface area contributed by atoms with Gasteiger partial charge in [-0.3, -0.25) is 4.79 Å². The van der Waals surface area contributed by atoms with Crippen molar-refractivity contribution in [3.05, 3.63) is 65.4 Å². The minimum Gasteiger partial charge on any atom is -0.497 e. The summed E-state index contributed by atoms with van der Waals surface area (Å²) in [6.07, 6.45) is 1.56. The van der Waals surface area contributed by atoms with Gasteiger partial charge in [0.1, 0.15) is 22.9 Å². The van der Waals surface area contributed by atoms with Gasteiger partial charge < -0.3 is 19.9 Å². The predicted molar refractivity (Wildman–Crippen MR) is 135 cm³/mol. The zero-order valence-corrected chi connectivity index (χ0v) is 20.2. The maximum atomic E-state index is 12.3. The predicted octanol–water partition coefficient (Wildman–Crippen LogP) is 4.50. The van der Waals surface area contributed by atoms with E-state index in [0.717, 1.165) is 48.3 Å². The van der Waals surface area contributed by atoms with Crippen molar-refractivity contribution in [2.45, 2.75) is 11.9 Å². The van der Waals surface area contributed by atoms with E-state index in [1.807, 2.05) is 37.3 Å². The number of nitrogens with one attached hydrogen (secondary N) is 1. The van der Waals surface area contributed by atoms with Crippen LogP contribution in [0.5, 0.6) is 5.75 Å². The van der Waals surface area contributed by atoms with Crippen LogP contribution in [0, 0.1) is 6.92 Å². The number of piperazine rings is 1. The molecule has 1 aliphatic rings. The lowest BCUT2D eigenvalue weighted by Gasteiger charge is -2.36. The van der Waals surface area contributed by atoms with E-state index >= 15 is 0 Å². The number of halogens is 1. The number of carbonyl (C=O) groups excluding carboxylic acids is 1. The quantitative estimate of drug-likeness (QED) is 0.391. The number of amides is 1. The van der Waals surface area contributed by atoms with Crippen molar-refractivity contribution in [3.63, 3.8) is 0 Å². The zero-order valence-electron chi connectivity index (χ0n) is 18.6. The second kappa shape index (κ2) is 10.8. The van der Waals surface area contributed by atoms with Crippen LogP contribution < -0.4 is 19.9 Å². The van der Waals surface area contributed by atoms with Crippen LogP contribution >= 0.6 is 23.4 Å². The highest BCUT2D eigenvalue weighted by Gasteiger charge is 2.19. The first-order valence-electron chi connectivity index (χ1n) is 10.7. The molecule has 172 valence electrons. The smallest absolute Gasteiger partial charge is 0.234 e. The third-order valence-corrected chi connectivity index (χ3v) is 6.81. The Balaban J connectivity index is 1.29. The van der Waals surface area contributed by atoms with Crippen molar-refractivity contribution in [2.24, 2.45) is 0 Å². The van der Waals surface area contributed by atoms with Crippen LogP contribution in [0.25, 0.3) is 0 Å². The average Bonchev–Trinajstić information content (AvgIpc) is 2.85. The Bertz CT molecular complexity index is 1100. The van der Waals surface area contributed by atoms with Gasteiger partial charge in [-0.25, -0.2) is 9.97 Å². The maximum Gasteiger partial charge on any atom is 0.234 e. The highest BCUT2D eigenvalue weighted by atomic mass is 35.5. The molecule has 0 unspecified atom stereocenters. The molecule has 0 aliphatic carbocycles. The van der Waals surface area contributed by atoms with E-state index in [0.29, 0.717) is 10.7 Å². The number of aryl methyl sites for hydroxylation is 1. The second-order valence-corrected chi connectivity index (χ2v) is 9.09. The number of hydrogen-bond acceptors (Lipinski definition) is 7. The third kappa shape index (κ3) is 6.09. The normalized spacial score (nSPS) is 13.7. The summed E-state index contributed by atoms with van der Waals surface area (Å²) >= 11 is 7.52. The number of nitrogens with zero attached hydrogens (tertiary/aromatic N) is 4. The molecule has 0 bridgehead atoms. The van der Waals surface area contributed by atoms with Crippen molar-refractivity contribution < 1.29 is 9.53 Å². The van der Waals surface area contributed by atoms with E-state index in [9.17, 15) is 4.79 Å². The Hall–Kier alpha value is -2.97. The molecule has 0 radical (unpaired) electrons. The van der Waals surface area contributed by atoms with Crippen molar-refractivity contribution >= 4 is 46.5 Å². The molecular formula is C24H26ClN5O2S. The van der Waals surface area contributed by atoms with Gasteiger partial charge in [-0.15, -0.1) is 0 Å². The van der Waals surface area contributed by atoms with E-state index in [1.165, 1.54) is 17.4 Å². The highest BCUT2D eigenvalue weighted by molar-refractivity contribution is 7.99. The number of aromatic nitrogens is 2. The Labute approximate surface area is 203 Å². The summed E-state index contributed by atoms with van der Waals surface area (Å²) in [4.78, 5) is 25.7. The average molecular weight is 484 g/mol. The lowest BCUT2D eigenvalue weighted by atomic mass is 10.2. The highest BCUT2D eigenvalue weighted by Crippen LogP contribution is 2.25. The summed E-state index contributed by atoms with van der Waals surface area (Å²) in [7, 11) is 1.68. The van der Waals surface area contributed by atoms with Gasteiger partial charge in [-0.2, -0.15) is 0 Å². The van der Waals surface area contributed by atoms with Gasteiger partial charge in [0.15, 0.2) is 0 Å². The number of thioether (sulfide) groups is 1. The molecule has 1 saturated heterocycles. The number of rotatable bonds is 7. The topological polar surface area (TPSA) is 70.6 Å². The van der Waals surface area contributed by atoms with Gasteiger partial charge in [0.25, 0.3) is 0 Å². The Morgan fingerprint density at radius 3 is 2.48 bits per heavy atom. The number of ether oxygens (including phenoxy) is 1. The van der Waals surface area contributed by atoms with Crippen molar-refractivity contribution in [2.75, 3.05) is 54.2 Å². The summed E-state index contributed by atoms with van der Waals surface area (Å²) in [5.74, 6) is 1.90. The molecule has 2 aromatic carbocycles. The Morgan fingerprint density at radius 1 is 1.06 bits per heavy atom. The zero-order chi connectivity index (χ0) is 23.2. The summed E-state index contributed by atoms with van der Waals surface area (Å²) in [5, 5.41) is 4.28. The van der Waals surface area contributed by atoms with Gasteiger partial charge in [0.05, 0.1) is 12.9 Å². The van der Waals surface area contributed by atoms with Crippen molar-refractivity contribution in [3.8, 4) is 5.75 Å². The minimum absolute atomic E-state index is 0.104. The fourth-order valence-corrected chi connectivity index (χ4v) is 4.42. The molecule has 0 saturated carbocycles. The lowest BCUT2D eigenvalue weighted by Crippen LogP contribution is -2.46. The van der Waals surface area contributed by atoms with Crippen LogP contribution in [0.2, 0.25) is 5.02 Å². The maximum absolute atomic E-state index is 12.3. The fraction of sp³-hybridized carbons (Fsp3) is 0.292. The number of methoxy groups -OCH3 is 1. The third-order valence-electron chi connectivity index (χ3n) is 5.48. The van der Waals surface area contributed by atoms with Crippen molar-refractivity contribution in [1.82, 2.24) is 9.97 Å². The molecule has 0 spiro atoms. The molecule has 1 N–H and O–H groups in total. The molecular weight excluding hydrogens is 458 g/mol. The van der Waals surface area contributed by atoms with Crippen LogP contribution in [-0.4, -0.2) is 54.9 Å². The van der Waals surface area contributed by atoms with E-state index in [2.05, 4.69) is 37.2 Å². The largest absolute Gasteiger partial charge is 0.497 e. The van der Waals surface area contributed by atoms with E-state index < -0.39 is 0 Å². The van der Waals surface area contributed by atoms with Crippen LogP contribution in [0.3, 0.4) is 0 Å². The summed E-state index contributed by atoms with van der Waals surface area (Å²) in [5.41, 5.74) is 2.85. The molecule has 1 fully saturated rings. The van der Waals surface area contributed by atoms with Crippen LogP contribution in [-0.2, 0) is 4.79 Å². The molecule has 2 heterocycles. The number of anilines is 3. The van der Waals surface area contributed by atoms with Crippen LogP contribution in [0.1, 0.15) is 5.56 Å². The van der Waals surface area contributed by atoms with Gasteiger partial charge in [-0.05, 0) is 48.9 Å². The van der Waals surface area contributed by atoms with Gasteiger partial charge >= 0.3 is 0 Å². The molecule has 33 heavy (non-hydrogen) atoms. The first kappa shape index (κ1) is 23.2. The van der Waals surface area contributed by atoms with Crippen LogP contribution in [0.15, 0.2) is 59.9 Å². The summed E-state index contributed by atoms with van der Waals surface area (Å²) in [6.45, 7) is 5.46. The molecule has 1 aliphatic heterocycles.